The number of carbonyl (C=O) groups excluding carboxylic acids is 1. The molecule has 0 bridgehead atoms. The predicted octanol–water partition coefficient (Wildman–Crippen LogP) is 1.28. The topological polar surface area (TPSA) is 74.7 Å². The fourth-order valence-electron chi connectivity index (χ4n) is 1.71. The van der Waals surface area contributed by atoms with Crippen molar-refractivity contribution in [3.63, 3.8) is 0 Å². The van der Waals surface area contributed by atoms with E-state index in [-0.39, 0.29) is 23.8 Å². The minimum Gasteiger partial charge on any atom is -0.396 e. The van der Waals surface area contributed by atoms with Crippen molar-refractivity contribution in [1.29, 1.82) is 0 Å². The largest absolute Gasteiger partial charge is 0.396 e. The van der Waals surface area contributed by atoms with Crippen molar-refractivity contribution >= 4 is 15.8 Å². The van der Waals surface area contributed by atoms with E-state index in [1.165, 1.54) is 35.5 Å². The van der Waals surface area contributed by atoms with Crippen LogP contribution in [-0.2, 0) is 10.0 Å². The maximum atomic E-state index is 12.3. The molecule has 0 heterocycles. The van der Waals surface area contributed by atoms with Crippen LogP contribution in [0.1, 0.15) is 30.6 Å². The number of aliphatic hydroxyl groups is 1. The monoisotopic (exact) mass is 285 g/mol. The smallest absolute Gasteiger partial charge is 0.243 e. The standard InChI is InChI=1S/C13H19NO4S/c1-3-14(9-4-10-15)19(17,18)13-7-5-12(6-8-13)11(2)16/h5-8,15H,3-4,9-10H2,1-2H3. The van der Waals surface area contributed by atoms with Gasteiger partial charge in [-0.3, -0.25) is 4.79 Å². The molecule has 1 N–H and O–H groups in total. The summed E-state index contributed by atoms with van der Waals surface area (Å²) in [7, 11) is -3.55. The second kappa shape index (κ2) is 6.79. The molecule has 1 aromatic carbocycles. The van der Waals surface area contributed by atoms with Crippen LogP contribution in [0.2, 0.25) is 0 Å². The summed E-state index contributed by atoms with van der Waals surface area (Å²) in [6.07, 6.45) is 0.401. The van der Waals surface area contributed by atoms with Gasteiger partial charge in [0, 0.05) is 25.3 Å². The van der Waals surface area contributed by atoms with Crippen LogP contribution in [0.3, 0.4) is 0 Å². The number of nitrogens with zero attached hydrogens (tertiary/aromatic N) is 1. The number of ketones is 1. The maximum Gasteiger partial charge on any atom is 0.243 e. The first-order valence-electron chi connectivity index (χ1n) is 6.15. The first-order valence-corrected chi connectivity index (χ1v) is 7.59. The summed E-state index contributed by atoms with van der Waals surface area (Å²) in [6, 6.07) is 5.89. The average Bonchev–Trinajstić information content (AvgIpc) is 2.39. The SMILES string of the molecule is CCN(CCCO)S(=O)(=O)c1ccc(C(C)=O)cc1. The summed E-state index contributed by atoms with van der Waals surface area (Å²) in [5, 5.41) is 8.79. The zero-order chi connectivity index (χ0) is 14.5. The molecular formula is C13H19NO4S. The molecule has 0 saturated carbocycles. The van der Waals surface area contributed by atoms with Crippen LogP contribution in [-0.4, -0.2) is 43.3 Å². The molecule has 0 aliphatic heterocycles. The maximum absolute atomic E-state index is 12.3. The summed E-state index contributed by atoms with van der Waals surface area (Å²) in [6.45, 7) is 3.76. The fraction of sp³-hybridized carbons (Fsp3) is 0.462. The van der Waals surface area contributed by atoms with Crippen LogP contribution < -0.4 is 0 Å². The van der Waals surface area contributed by atoms with Crippen LogP contribution in [0.15, 0.2) is 29.2 Å². The molecular weight excluding hydrogens is 266 g/mol. The Bertz CT molecular complexity index is 522. The highest BCUT2D eigenvalue weighted by atomic mass is 32.2. The number of hydrogen-bond acceptors (Lipinski definition) is 4. The quantitative estimate of drug-likeness (QED) is 0.766. The van der Waals surface area contributed by atoms with E-state index in [1.807, 2.05) is 0 Å². The Hall–Kier alpha value is -1.24. The third kappa shape index (κ3) is 3.86. The molecule has 106 valence electrons. The highest BCUT2D eigenvalue weighted by Gasteiger charge is 2.22. The molecule has 0 amide bonds. The van der Waals surface area contributed by atoms with Gasteiger partial charge in [0.1, 0.15) is 0 Å². The lowest BCUT2D eigenvalue weighted by Crippen LogP contribution is -2.32. The number of Topliss-reactive ketones (excluding diaryl/α,β-unsaturated/α-hetero) is 1. The van der Waals surface area contributed by atoms with Gasteiger partial charge in [0.2, 0.25) is 10.0 Å². The molecule has 0 aliphatic carbocycles. The predicted molar refractivity (Wildman–Crippen MR) is 72.6 cm³/mol. The van der Waals surface area contributed by atoms with Gasteiger partial charge in [-0.05, 0) is 25.5 Å². The number of hydrogen-bond donors (Lipinski definition) is 1. The molecule has 0 atom stereocenters. The van der Waals surface area contributed by atoms with Gasteiger partial charge in [-0.2, -0.15) is 4.31 Å². The Morgan fingerprint density at radius 3 is 2.26 bits per heavy atom. The van der Waals surface area contributed by atoms with Crippen molar-refractivity contribution in [1.82, 2.24) is 4.31 Å². The third-order valence-corrected chi connectivity index (χ3v) is 4.81. The summed E-state index contributed by atoms with van der Waals surface area (Å²) in [5.41, 5.74) is 0.484. The van der Waals surface area contributed by atoms with E-state index < -0.39 is 10.0 Å². The summed E-state index contributed by atoms with van der Waals surface area (Å²) < 4.78 is 25.9. The second-order valence-electron chi connectivity index (χ2n) is 4.15. The van der Waals surface area contributed by atoms with E-state index in [1.54, 1.807) is 6.92 Å². The minimum atomic E-state index is -3.55. The van der Waals surface area contributed by atoms with Crippen molar-refractivity contribution in [3.05, 3.63) is 29.8 Å². The molecule has 0 aliphatic rings. The van der Waals surface area contributed by atoms with Crippen molar-refractivity contribution in [2.24, 2.45) is 0 Å². The lowest BCUT2D eigenvalue weighted by atomic mass is 10.2. The molecule has 19 heavy (non-hydrogen) atoms. The van der Waals surface area contributed by atoms with Gasteiger partial charge in [0.25, 0.3) is 0 Å². The summed E-state index contributed by atoms with van der Waals surface area (Å²) in [5.74, 6) is -0.100. The van der Waals surface area contributed by atoms with E-state index in [9.17, 15) is 13.2 Å². The molecule has 0 unspecified atom stereocenters. The second-order valence-corrected chi connectivity index (χ2v) is 6.09. The fourth-order valence-corrected chi connectivity index (χ4v) is 3.19. The first kappa shape index (κ1) is 15.8. The lowest BCUT2D eigenvalue weighted by Gasteiger charge is -2.20. The van der Waals surface area contributed by atoms with Crippen LogP contribution in [0.25, 0.3) is 0 Å². The Labute approximate surface area is 113 Å². The number of benzene rings is 1. The van der Waals surface area contributed by atoms with Gasteiger partial charge in [-0.15, -0.1) is 0 Å². The summed E-state index contributed by atoms with van der Waals surface area (Å²) >= 11 is 0. The van der Waals surface area contributed by atoms with E-state index in [4.69, 9.17) is 5.11 Å². The van der Waals surface area contributed by atoms with Gasteiger partial charge in [0.15, 0.2) is 5.78 Å². The molecule has 0 saturated heterocycles. The van der Waals surface area contributed by atoms with Crippen molar-refractivity contribution in [2.45, 2.75) is 25.2 Å². The van der Waals surface area contributed by atoms with Crippen molar-refractivity contribution in [2.75, 3.05) is 19.7 Å². The van der Waals surface area contributed by atoms with Gasteiger partial charge >= 0.3 is 0 Å². The van der Waals surface area contributed by atoms with Gasteiger partial charge in [0.05, 0.1) is 4.90 Å². The highest BCUT2D eigenvalue weighted by molar-refractivity contribution is 7.89. The molecule has 0 fully saturated rings. The zero-order valence-corrected chi connectivity index (χ0v) is 12.0. The van der Waals surface area contributed by atoms with Crippen LogP contribution >= 0.6 is 0 Å². The number of aliphatic hydroxyl groups excluding tert-OH is 1. The molecule has 0 spiro atoms. The molecule has 0 radical (unpaired) electrons. The number of sulfonamides is 1. The van der Waals surface area contributed by atoms with Crippen LogP contribution in [0, 0.1) is 0 Å². The molecule has 1 rings (SSSR count). The molecule has 0 aromatic heterocycles. The number of carbonyl (C=O) groups is 1. The van der Waals surface area contributed by atoms with Gasteiger partial charge in [-0.25, -0.2) is 8.42 Å². The Morgan fingerprint density at radius 2 is 1.84 bits per heavy atom. The normalized spacial score (nSPS) is 11.8. The van der Waals surface area contributed by atoms with Crippen molar-refractivity contribution < 1.29 is 18.3 Å². The first-order chi connectivity index (χ1) is 8.93. The minimum absolute atomic E-state index is 0.0463. The van der Waals surface area contributed by atoms with Crippen molar-refractivity contribution in [3.8, 4) is 0 Å². The van der Waals surface area contributed by atoms with E-state index in [0.29, 0.717) is 18.5 Å². The number of rotatable bonds is 7. The van der Waals surface area contributed by atoms with Crippen LogP contribution in [0.4, 0.5) is 0 Å². The Morgan fingerprint density at radius 1 is 1.26 bits per heavy atom. The third-order valence-electron chi connectivity index (χ3n) is 2.82. The molecule has 1 aromatic rings. The molecule has 5 nitrogen and oxygen atoms in total. The average molecular weight is 285 g/mol. The van der Waals surface area contributed by atoms with Gasteiger partial charge in [-0.1, -0.05) is 19.1 Å². The van der Waals surface area contributed by atoms with Gasteiger partial charge < -0.3 is 5.11 Å². The van der Waals surface area contributed by atoms with E-state index >= 15 is 0 Å². The Kier molecular flexibility index (Phi) is 5.65. The van der Waals surface area contributed by atoms with E-state index in [0.717, 1.165) is 0 Å². The van der Waals surface area contributed by atoms with Crippen LogP contribution in [0.5, 0.6) is 0 Å². The lowest BCUT2D eigenvalue weighted by molar-refractivity contribution is 0.101. The Balaban J connectivity index is 3.01. The summed E-state index contributed by atoms with van der Waals surface area (Å²) in [4.78, 5) is 11.3. The zero-order valence-electron chi connectivity index (χ0n) is 11.2. The molecule has 6 heteroatoms. The van der Waals surface area contributed by atoms with E-state index in [2.05, 4.69) is 0 Å². The highest BCUT2D eigenvalue weighted by Crippen LogP contribution is 2.16.